The van der Waals surface area contributed by atoms with Crippen LogP contribution in [0.1, 0.15) is 19.3 Å². The van der Waals surface area contributed by atoms with Gasteiger partial charge in [-0.25, -0.2) is 0 Å². The molecule has 2 rings (SSSR count). The number of anilines is 1. The van der Waals surface area contributed by atoms with Crippen molar-refractivity contribution in [1.82, 2.24) is 4.98 Å². The number of nitrogens with one attached hydrogen (secondary N) is 1. The van der Waals surface area contributed by atoms with Crippen molar-refractivity contribution < 1.29 is 9.47 Å². The van der Waals surface area contributed by atoms with E-state index in [1.54, 1.807) is 7.11 Å². The van der Waals surface area contributed by atoms with Crippen LogP contribution in [0.3, 0.4) is 0 Å². The fraction of sp³-hybridized carbons (Fsp3) is 0.545. The van der Waals surface area contributed by atoms with Crippen LogP contribution in [0.2, 0.25) is 0 Å². The van der Waals surface area contributed by atoms with Gasteiger partial charge in [0, 0.05) is 19.2 Å². The third kappa shape index (κ3) is 2.32. The van der Waals surface area contributed by atoms with Gasteiger partial charge in [0.1, 0.15) is 11.6 Å². The lowest BCUT2D eigenvalue weighted by Gasteiger charge is -2.26. The molecule has 0 aromatic carbocycles. The van der Waals surface area contributed by atoms with Gasteiger partial charge in [0.25, 0.3) is 0 Å². The highest BCUT2D eigenvalue weighted by atomic mass is 16.5. The zero-order valence-corrected chi connectivity index (χ0v) is 9.12. The molecular formula is C11H16N2O2. The zero-order chi connectivity index (χ0) is 10.7. The number of aromatic nitrogens is 1. The summed E-state index contributed by atoms with van der Waals surface area (Å²) in [5, 5.41) is 2.98. The fourth-order valence-electron chi connectivity index (χ4n) is 1.46. The third-order valence-electron chi connectivity index (χ3n) is 2.60. The van der Waals surface area contributed by atoms with E-state index in [2.05, 4.69) is 10.3 Å². The summed E-state index contributed by atoms with van der Waals surface area (Å²) in [6, 6.07) is 3.71. The minimum absolute atomic E-state index is 0.377. The molecule has 0 saturated heterocycles. The van der Waals surface area contributed by atoms with E-state index in [0.717, 1.165) is 24.4 Å². The summed E-state index contributed by atoms with van der Waals surface area (Å²) in [5.41, 5.74) is 0. The molecule has 1 saturated carbocycles. The van der Waals surface area contributed by atoms with Crippen LogP contribution < -0.4 is 14.8 Å². The molecule has 0 bridgehead atoms. The lowest BCUT2D eigenvalue weighted by molar-refractivity contribution is 0.120. The van der Waals surface area contributed by atoms with Crippen molar-refractivity contribution in [2.75, 3.05) is 19.5 Å². The van der Waals surface area contributed by atoms with Crippen molar-refractivity contribution in [3.8, 4) is 11.6 Å². The average Bonchev–Trinajstić information content (AvgIpc) is 2.23. The Kier molecular flexibility index (Phi) is 2.94. The second-order valence-corrected chi connectivity index (χ2v) is 3.65. The first kappa shape index (κ1) is 10.1. The monoisotopic (exact) mass is 208 g/mol. The molecule has 4 nitrogen and oxygen atoms in total. The SMILES string of the molecule is CNc1cc(OC2CCC2)cc(OC)n1. The van der Waals surface area contributed by atoms with Gasteiger partial charge < -0.3 is 14.8 Å². The predicted molar refractivity (Wildman–Crippen MR) is 58.6 cm³/mol. The molecule has 1 N–H and O–H groups in total. The van der Waals surface area contributed by atoms with Crippen LogP contribution in [-0.2, 0) is 0 Å². The molecule has 0 atom stereocenters. The Hall–Kier alpha value is -1.45. The van der Waals surface area contributed by atoms with Gasteiger partial charge in [-0.3, -0.25) is 0 Å². The van der Waals surface area contributed by atoms with Crippen molar-refractivity contribution in [3.63, 3.8) is 0 Å². The summed E-state index contributed by atoms with van der Waals surface area (Å²) in [4.78, 5) is 4.21. The first-order valence-corrected chi connectivity index (χ1v) is 5.22. The molecule has 1 fully saturated rings. The van der Waals surface area contributed by atoms with E-state index >= 15 is 0 Å². The summed E-state index contributed by atoms with van der Waals surface area (Å²) in [7, 11) is 3.43. The predicted octanol–water partition coefficient (Wildman–Crippen LogP) is 2.06. The van der Waals surface area contributed by atoms with Gasteiger partial charge in [0.15, 0.2) is 0 Å². The van der Waals surface area contributed by atoms with Crippen molar-refractivity contribution in [2.45, 2.75) is 25.4 Å². The Bertz CT molecular complexity index is 315. The van der Waals surface area contributed by atoms with Crippen LogP contribution in [0.25, 0.3) is 0 Å². The Labute approximate surface area is 89.6 Å². The van der Waals surface area contributed by atoms with Gasteiger partial charge in [-0.1, -0.05) is 0 Å². The van der Waals surface area contributed by atoms with Gasteiger partial charge in [-0.05, 0) is 19.3 Å². The van der Waals surface area contributed by atoms with E-state index in [-0.39, 0.29) is 0 Å². The van der Waals surface area contributed by atoms with Crippen molar-refractivity contribution in [2.24, 2.45) is 0 Å². The topological polar surface area (TPSA) is 43.4 Å². The highest BCUT2D eigenvalue weighted by Gasteiger charge is 2.19. The standard InChI is InChI=1S/C11H16N2O2/c1-12-10-6-9(7-11(13-10)14-2)15-8-4-3-5-8/h6-8H,3-5H2,1-2H3,(H,12,13). The molecule has 1 heterocycles. The van der Waals surface area contributed by atoms with Gasteiger partial charge in [-0.2, -0.15) is 4.98 Å². The molecule has 1 aromatic rings. The Morgan fingerprint density at radius 1 is 1.40 bits per heavy atom. The summed E-state index contributed by atoms with van der Waals surface area (Å²) in [6.07, 6.45) is 3.95. The highest BCUT2D eigenvalue weighted by molar-refractivity contribution is 5.44. The van der Waals surface area contributed by atoms with Crippen molar-refractivity contribution in [1.29, 1.82) is 0 Å². The van der Waals surface area contributed by atoms with E-state index in [4.69, 9.17) is 9.47 Å². The van der Waals surface area contributed by atoms with E-state index in [9.17, 15) is 0 Å². The van der Waals surface area contributed by atoms with Crippen LogP contribution in [0.4, 0.5) is 5.82 Å². The summed E-state index contributed by atoms with van der Waals surface area (Å²) in [6.45, 7) is 0. The van der Waals surface area contributed by atoms with Crippen LogP contribution in [0.15, 0.2) is 12.1 Å². The molecule has 1 aliphatic carbocycles. The van der Waals surface area contributed by atoms with Crippen LogP contribution in [-0.4, -0.2) is 25.2 Å². The van der Waals surface area contributed by atoms with Gasteiger partial charge in [-0.15, -0.1) is 0 Å². The highest BCUT2D eigenvalue weighted by Crippen LogP contribution is 2.28. The maximum Gasteiger partial charge on any atom is 0.218 e. The second kappa shape index (κ2) is 4.38. The Morgan fingerprint density at radius 3 is 2.73 bits per heavy atom. The fourth-order valence-corrected chi connectivity index (χ4v) is 1.46. The van der Waals surface area contributed by atoms with Crippen LogP contribution in [0, 0.1) is 0 Å². The summed E-state index contributed by atoms with van der Waals surface area (Å²) < 4.78 is 10.9. The Balaban J connectivity index is 2.13. The molecule has 15 heavy (non-hydrogen) atoms. The van der Waals surface area contributed by atoms with Gasteiger partial charge in [0.2, 0.25) is 5.88 Å². The number of rotatable bonds is 4. The van der Waals surface area contributed by atoms with E-state index < -0.39 is 0 Å². The quantitative estimate of drug-likeness (QED) is 0.822. The second-order valence-electron chi connectivity index (χ2n) is 3.65. The molecular weight excluding hydrogens is 192 g/mol. The van der Waals surface area contributed by atoms with Gasteiger partial charge >= 0.3 is 0 Å². The molecule has 0 amide bonds. The number of pyridine rings is 1. The van der Waals surface area contributed by atoms with Crippen LogP contribution in [0.5, 0.6) is 11.6 Å². The van der Waals surface area contributed by atoms with Crippen LogP contribution >= 0.6 is 0 Å². The van der Waals surface area contributed by atoms with E-state index in [1.807, 2.05) is 19.2 Å². The lowest BCUT2D eigenvalue weighted by Crippen LogP contribution is -2.24. The number of hydrogen-bond donors (Lipinski definition) is 1. The minimum atomic E-state index is 0.377. The molecule has 1 aromatic heterocycles. The Morgan fingerprint density at radius 2 is 2.20 bits per heavy atom. The molecule has 4 heteroatoms. The number of nitrogens with zero attached hydrogens (tertiary/aromatic N) is 1. The maximum atomic E-state index is 5.78. The van der Waals surface area contributed by atoms with Gasteiger partial charge in [0.05, 0.1) is 13.2 Å². The molecule has 0 aliphatic heterocycles. The first-order valence-electron chi connectivity index (χ1n) is 5.22. The average molecular weight is 208 g/mol. The summed E-state index contributed by atoms with van der Waals surface area (Å²) in [5.74, 6) is 2.18. The number of ether oxygens (including phenoxy) is 2. The summed E-state index contributed by atoms with van der Waals surface area (Å²) >= 11 is 0. The van der Waals surface area contributed by atoms with Crippen molar-refractivity contribution >= 4 is 5.82 Å². The van der Waals surface area contributed by atoms with E-state index in [0.29, 0.717) is 12.0 Å². The zero-order valence-electron chi connectivity index (χ0n) is 9.12. The number of methoxy groups -OCH3 is 1. The number of hydrogen-bond acceptors (Lipinski definition) is 4. The molecule has 0 unspecified atom stereocenters. The molecule has 0 spiro atoms. The van der Waals surface area contributed by atoms with Crippen molar-refractivity contribution in [3.05, 3.63) is 12.1 Å². The molecule has 82 valence electrons. The smallest absolute Gasteiger partial charge is 0.218 e. The minimum Gasteiger partial charge on any atom is -0.490 e. The first-order chi connectivity index (χ1) is 7.31. The molecule has 1 aliphatic rings. The lowest BCUT2D eigenvalue weighted by atomic mass is 9.96. The normalized spacial score (nSPS) is 15.6. The largest absolute Gasteiger partial charge is 0.490 e. The maximum absolute atomic E-state index is 5.78. The molecule has 0 radical (unpaired) electrons. The third-order valence-corrected chi connectivity index (χ3v) is 2.60. The van der Waals surface area contributed by atoms with E-state index in [1.165, 1.54) is 6.42 Å².